The summed E-state index contributed by atoms with van der Waals surface area (Å²) < 4.78 is 0. The molecule has 54 valence electrons. The average molecular weight is 127 g/mol. The van der Waals surface area contributed by atoms with E-state index in [0.717, 1.165) is 18.0 Å². The minimum Gasteiger partial charge on any atom is -0.308 e. The fourth-order valence-corrected chi connectivity index (χ4v) is 1.42. The minimum absolute atomic E-state index is 0.835. The van der Waals surface area contributed by atoms with Crippen molar-refractivity contribution in [2.24, 2.45) is 5.92 Å². The highest BCUT2D eigenvalue weighted by atomic mass is 15.1. The van der Waals surface area contributed by atoms with Gasteiger partial charge in [-0.3, -0.25) is 0 Å². The van der Waals surface area contributed by atoms with Crippen LogP contribution >= 0.6 is 0 Å². The third-order valence-corrected chi connectivity index (χ3v) is 2.05. The lowest BCUT2D eigenvalue weighted by Crippen LogP contribution is -2.02. The number of hydrogen-bond acceptors (Lipinski definition) is 1. The van der Waals surface area contributed by atoms with Crippen molar-refractivity contribution in [3.63, 3.8) is 0 Å². The first-order valence-electron chi connectivity index (χ1n) is 4.01. The summed E-state index contributed by atoms with van der Waals surface area (Å²) >= 11 is 0. The molecule has 0 saturated carbocycles. The van der Waals surface area contributed by atoms with Gasteiger partial charge in [-0.1, -0.05) is 27.2 Å². The fourth-order valence-electron chi connectivity index (χ4n) is 1.42. The Labute approximate surface area is 57.8 Å². The van der Waals surface area contributed by atoms with Gasteiger partial charge in [-0.25, -0.2) is 0 Å². The van der Waals surface area contributed by atoms with Crippen molar-refractivity contribution in [1.29, 1.82) is 0 Å². The summed E-state index contributed by atoms with van der Waals surface area (Å²) in [7, 11) is 0. The number of rotatable bonds is 3. The lowest BCUT2D eigenvalue weighted by molar-refractivity contribution is 0.604. The summed E-state index contributed by atoms with van der Waals surface area (Å²) in [5.74, 6) is 0.835. The maximum Gasteiger partial charge on any atom is 0.0247 e. The van der Waals surface area contributed by atoms with Crippen LogP contribution in [0.5, 0.6) is 0 Å². The Hall–Kier alpha value is -0.0400. The summed E-state index contributed by atoms with van der Waals surface area (Å²) in [6.07, 6.45) is 2.68. The molecule has 0 spiro atoms. The molecule has 1 fully saturated rings. The van der Waals surface area contributed by atoms with Gasteiger partial charge in [-0.15, -0.1) is 0 Å². The first-order valence-corrected chi connectivity index (χ1v) is 4.01. The zero-order chi connectivity index (χ0) is 6.85. The number of hydrogen-bond donors (Lipinski definition) is 1. The SMILES string of the molecule is CCCC1NC1C(C)C. The van der Waals surface area contributed by atoms with Gasteiger partial charge in [-0.2, -0.15) is 0 Å². The molecule has 0 aromatic heterocycles. The Kier molecular flexibility index (Phi) is 2.12. The van der Waals surface area contributed by atoms with Crippen LogP contribution in [0.4, 0.5) is 0 Å². The topological polar surface area (TPSA) is 21.9 Å². The monoisotopic (exact) mass is 127 g/mol. The van der Waals surface area contributed by atoms with Crippen LogP contribution in [0, 0.1) is 5.92 Å². The molecular weight excluding hydrogens is 110 g/mol. The molecule has 1 rings (SSSR count). The minimum atomic E-state index is 0.835. The van der Waals surface area contributed by atoms with E-state index in [4.69, 9.17) is 0 Å². The second-order valence-electron chi connectivity index (χ2n) is 3.33. The quantitative estimate of drug-likeness (QED) is 0.573. The van der Waals surface area contributed by atoms with Crippen LogP contribution in [0.3, 0.4) is 0 Å². The van der Waals surface area contributed by atoms with Gasteiger partial charge < -0.3 is 5.32 Å². The fraction of sp³-hybridized carbons (Fsp3) is 1.00. The molecule has 0 aromatic carbocycles. The van der Waals surface area contributed by atoms with Gasteiger partial charge in [0.15, 0.2) is 0 Å². The molecule has 1 aliphatic heterocycles. The Bertz CT molecular complexity index is 88.6. The predicted octanol–water partition coefficient (Wildman–Crippen LogP) is 1.78. The van der Waals surface area contributed by atoms with E-state index in [1.807, 2.05) is 0 Å². The first-order chi connectivity index (χ1) is 4.25. The van der Waals surface area contributed by atoms with E-state index in [2.05, 4.69) is 26.1 Å². The van der Waals surface area contributed by atoms with Crippen LogP contribution in [0.25, 0.3) is 0 Å². The molecule has 0 amide bonds. The van der Waals surface area contributed by atoms with Crippen LogP contribution in [-0.4, -0.2) is 12.1 Å². The molecule has 1 aliphatic rings. The lowest BCUT2D eigenvalue weighted by atomic mass is 10.1. The lowest BCUT2D eigenvalue weighted by Gasteiger charge is -1.97. The maximum atomic E-state index is 3.47. The molecular formula is C8H17N. The summed E-state index contributed by atoms with van der Waals surface area (Å²) in [4.78, 5) is 0. The Morgan fingerprint density at radius 2 is 2.11 bits per heavy atom. The van der Waals surface area contributed by atoms with Crippen LogP contribution in [-0.2, 0) is 0 Å². The molecule has 2 atom stereocenters. The van der Waals surface area contributed by atoms with Crippen molar-refractivity contribution in [2.45, 2.75) is 45.7 Å². The van der Waals surface area contributed by atoms with E-state index in [9.17, 15) is 0 Å². The van der Waals surface area contributed by atoms with Gasteiger partial charge in [0.1, 0.15) is 0 Å². The van der Waals surface area contributed by atoms with E-state index >= 15 is 0 Å². The Morgan fingerprint density at radius 1 is 1.44 bits per heavy atom. The van der Waals surface area contributed by atoms with E-state index < -0.39 is 0 Å². The summed E-state index contributed by atoms with van der Waals surface area (Å²) in [6, 6.07) is 1.69. The maximum absolute atomic E-state index is 3.47. The molecule has 0 bridgehead atoms. The van der Waals surface area contributed by atoms with E-state index in [-0.39, 0.29) is 0 Å². The first kappa shape index (κ1) is 7.07. The molecule has 9 heavy (non-hydrogen) atoms. The summed E-state index contributed by atoms with van der Waals surface area (Å²) in [5, 5.41) is 3.47. The van der Waals surface area contributed by atoms with Crippen LogP contribution < -0.4 is 5.32 Å². The third-order valence-electron chi connectivity index (χ3n) is 2.05. The zero-order valence-electron chi connectivity index (χ0n) is 6.65. The van der Waals surface area contributed by atoms with E-state index in [1.54, 1.807) is 0 Å². The van der Waals surface area contributed by atoms with Gasteiger partial charge in [0, 0.05) is 12.1 Å². The molecule has 1 N–H and O–H groups in total. The van der Waals surface area contributed by atoms with Crippen molar-refractivity contribution in [2.75, 3.05) is 0 Å². The van der Waals surface area contributed by atoms with Gasteiger partial charge in [0.25, 0.3) is 0 Å². The highest BCUT2D eigenvalue weighted by molar-refractivity contribution is 4.98. The van der Waals surface area contributed by atoms with Gasteiger partial charge in [-0.05, 0) is 12.3 Å². The van der Waals surface area contributed by atoms with E-state index in [0.29, 0.717) is 0 Å². The van der Waals surface area contributed by atoms with Crippen molar-refractivity contribution in [3.05, 3.63) is 0 Å². The largest absolute Gasteiger partial charge is 0.308 e. The molecule has 1 heterocycles. The molecule has 0 radical (unpaired) electrons. The van der Waals surface area contributed by atoms with Crippen LogP contribution in [0.15, 0.2) is 0 Å². The molecule has 0 aliphatic carbocycles. The molecule has 0 aromatic rings. The molecule has 2 unspecified atom stereocenters. The van der Waals surface area contributed by atoms with Gasteiger partial charge in [0.05, 0.1) is 0 Å². The van der Waals surface area contributed by atoms with Crippen molar-refractivity contribution in [1.82, 2.24) is 5.32 Å². The highest BCUT2D eigenvalue weighted by Gasteiger charge is 2.36. The van der Waals surface area contributed by atoms with Gasteiger partial charge >= 0.3 is 0 Å². The van der Waals surface area contributed by atoms with E-state index in [1.165, 1.54) is 12.8 Å². The van der Waals surface area contributed by atoms with Crippen LogP contribution in [0.2, 0.25) is 0 Å². The summed E-state index contributed by atoms with van der Waals surface area (Å²) in [6.45, 7) is 6.82. The molecule has 1 nitrogen and oxygen atoms in total. The zero-order valence-corrected chi connectivity index (χ0v) is 6.65. The van der Waals surface area contributed by atoms with Gasteiger partial charge in [0.2, 0.25) is 0 Å². The number of nitrogens with one attached hydrogen (secondary N) is 1. The normalized spacial score (nSPS) is 33.3. The second-order valence-corrected chi connectivity index (χ2v) is 3.33. The Balaban J connectivity index is 2.09. The van der Waals surface area contributed by atoms with Crippen LogP contribution in [0.1, 0.15) is 33.6 Å². The summed E-state index contributed by atoms with van der Waals surface area (Å²) in [5.41, 5.74) is 0. The Morgan fingerprint density at radius 3 is 2.44 bits per heavy atom. The van der Waals surface area contributed by atoms with Crippen molar-refractivity contribution < 1.29 is 0 Å². The standard InChI is InChI=1S/C8H17N/c1-4-5-7-8(9-7)6(2)3/h6-9H,4-5H2,1-3H3. The second kappa shape index (κ2) is 2.70. The highest BCUT2D eigenvalue weighted by Crippen LogP contribution is 2.23. The van der Waals surface area contributed by atoms with Crippen molar-refractivity contribution in [3.8, 4) is 0 Å². The average Bonchev–Trinajstić information content (AvgIpc) is 2.47. The molecule has 1 heteroatoms. The smallest absolute Gasteiger partial charge is 0.0247 e. The van der Waals surface area contributed by atoms with Crippen molar-refractivity contribution >= 4 is 0 Å². The molecule has 1 saturated heterocycles. The predicted molar refractivity (Wildman–Crippen MR) is 40.5 cm³/mol. The third kappa shape index (κ3) is 1.68.